The molecule has 4 aromatic rings. The van der Waals surface area contributed by atoms with Gasteiger partial charge in [-0.15, -0.1) is 16.9 Å². The van der Waals surface area contributed by atoms with E-state index in [-0.39, 0.29) is 17.3 Å². The van der Waals surface area contributed by atoms with Crippen molar-refractivity contribution in [3.8, 4) is 5.82 Å². The smallest absolute Gasteiger partial charge is 0.293 e. The monoisotopic (exact) mass is 488 g/mol. The SMILES string of the molecule is Nc1nonc1-n1nnc(C(=O)N/N=C\c2cccc(Cl)c2)c1CSc1ccc(Cl)cc1. The summed E-state index contributed by atoms with van der Waals surface area (Å²) < 4.78 is 5.96. The zero-order valence-electron chi connectivity index (χ0n) is 16.1. The van der Waals surface area contributed by atoms with Crippen molar-refractivity contribution in [2.75, 3.05) is 5.73 Å². The van der Waals surface area contributed by atoms with E-state index in [4.69, 9.17) is 28.9 Å². The third kappa shape index (κ3) is 5.07. The van der Waals surface area contributed by atoms with E-state index >= 15 is 0 Å². The largest absolute Gasteiger partial charge is 0.378 e. The summed E-state index contributed by atoms with van der Waals surface area (Å²) in [5.41, 5.74) is 9.45. The van der Waals surface area contributed by atoms with Gasteiger partial charge in [-0.3, -0.25) is 4.79 Å². The lowest BCUT2D eigenvalue weighted by molar-refractivity contribution is 0.0949. The molecule has 2 aromatic heterocycles. The number of aromatic nitrogens is 5. The van der Waals surface area contributed by atoms with Crippen molar-refractivity contribution in [3.05, 3.63) is 75.5 Å². The third-order valence-electron chi connectivity index (χ3n) is 4.09. The highest BCUT2D eigenvalue weighted by Gasteiger charge is 2.24. The molecule has 4 rings (SSSR count). The molecule has 162 valence electrons. The number of hydrazone groups is 1. The predicted octanol–water partition coefficient (Wildman–Crippen LogP) is 3.60. The number of anilines is 1. The highest BCUT2D eigenvalue weighted by molar-refractivity contribution is 7.98. The van der Waals surface area contributed by atoms with Crippen molar-refractivity contribution in [2.24, 2.45) is 5.10 Å². The molecule has 0 saturated heterocycles. The van der Waals surface area contributed by atoms with Gasteiger partial charge in [0, 0.05) is 20.7 Å². The van der Waals surface area contributed by atoms with Gasteiger partial charge in [-0.2, -0.15) is 9.78 Å². The lowest BCUT2D eigenvalue weighted by Crippen LogP contribution is -2.20. The van der Waals surface area contributed by atoms with Gasteiger partial charge < -0.3 is 5.73 Å². The van der Waals surface area contributed by atoms with Crippen LogP contribution in [0.3, 0.4) is 0 Å². The van der Waals surface area contributed by atoms with Gasteiger partial charge in [0.15, 0.2) is 5.69 Å². The molecule has 0 spiro atoms. The first-order valence-corrected chi connectivity index (χ1v) is 10.8. The van der Waals surface area contributed by atoms with E-state index < -0.39 is 5.91 Å². The van der Waals surface area contributed by atoms with E-state index in [9.17, 15) is 4.79 Å². The van der Waals surface area contributed by atoms with Crippen LogP contribution in [0.25, 0.3) is 5.82 Å². The molecule has 0 aliphatic carbocycles. The second kappa shape index (κ2) is 9.81. The first-order chi connectivity index (χ1) is 15.5. The van der Waals surface area contributed by atoms with Gasteiger partial charge in [0.25, 0.3) is 5.91 Å². The van der Waals surface area contributed by atoms with Gasteiger partial charge in [-0.1, -0.05) is 40.5 Å². The number of carbonyl (C=O) groups excluding carboxylic acids is 1. The zero-order valence-corrected chi connectivity index (χ0v) is 18.5. The molecule has 0 aliphatic heterocycles. The molecule has 0 radical (unpaired) electrons. The molecule has 3 N–H and O–H groups in total. The van der Waals surface area contributed by atoms with Crippen molar-refractivity contribution in [1.82, 2.24) is 30.7 Å². The van der Waals surface area contributed by atoms with Crippen molar-refractivity contribution in [2.45, 2.75) is 10.6 Å². The summed E-state index contributed by atoms with van der Waals surface area (Å²) in [4.78, 5) is 13.7. The van der Waals surface area contributed by atoms with Crippen LogP contribution in [-0.2, 0) is 5.75 Å². The van der Waals surface area contributed by atoms with Crippen LogP contribution in [0.15, 0.2) is 63.2 Å². The number of halogens is 2. The molecule has 0 saturated carbocycles. The lowest BCUT2D eigenvalue weighted by Gasteiger charge is -2.06. The van der Waals surface area contributed by atoms with Crippen LogP contribution in [0.1, 0.15) is 21.7 Å². The van der Waals surface area contributed by atoms with Gasteiger partial charge in [0.2, 0.25) is 11.6 Å². The Kier molecular flexibility index (Phi) is 6.69. The Labute approximate surface area is 195 Å². The number of nitrogen functional groups attached to an aromatic ring is 1. The number of amides is 1. The normalized spacial score (nSPS) is 11.2. The predicted molar refractivity (Wildman–Crippen MR) is 121 cm³/mol. The summed E-state index contributed by atoms with van der Waals surface area (Å²) in [5, 5.41) is 20.4. The summed E-state index contributed by atoms with van der Waals surface area (Å²) in [6.45, 7) is 0. The van der Waals surface area contributed by atoms with Crippen molar-refractivity contribution < 1.29 is 9.42 Å². The molecule has 2 heterocycles. The first-order valence-electron chi connectivity index (χ1n) is 9.01. The summed E-state index contributed by atoms with van der Waals surface area (Å²) in [6, 6.07) is 14.3. The summed E-state index contributed by atoms with van der Waals surface area (Å²) in [7, 11) is 0. The molecule has 13 heteroatoms. The molecule has 0 aliphatic rings. The third-order valence-corrected chi connectivity index (χ3v) is 5.60. The van der Waals surface area contributed by atoms with Crippen molar-refractivity contribution in [3.63, 3.8) is 0 Å². The fraction of sp³-hybridized carbons (Fsp3) is 0.0526. The van der Waals surface area contributed by atoms with Crippen LogP contribution in [0.5, 0.6) is 0 Å². The Hall–Kier alpha value is -3.41. The summed E-state index contributed by atoms with van der Waals surface area (Å²) in [5.74, 6) is -0.0951. The molecule has 1 amide bonds. The number of nitrogens with one attached hydrogen (secondary N) is 1. The topological polar surface area (TPSA) is 137 Å². The molecule has 10 nitrogen and oxygen atoms in total. The van der Waals surface area contributed by atoms with Gasteiger partial charge >= 0.3 is 0 Å². The average molecular weight is 489 g/mol. The number of hydrogen-bond donors (Lipinski definition) is 2. The zero-order chi connectivity index (χ0) is 22.5. The Balaban J connectivity index is 1.57. The molecule has 0 fully saturated rings. The Bertz CT molecular complexity index is 1270. The molecular weight excluding hydrogens is 475 g/mol. The van der Waals surface area contributed by atoms with Crippen LogP contribution in [0.4, 0.5) is 5.82 Å². The number of carbonyl (C=O) groups is 1. The molecule has 32 heavy (non-hydrogen) atoms. The lowest BCUT2D eigenvalue weighted by atomic mass is 10.2. The van der Waals surface area contributed by atoms with Gasteiger partial charge in [0.05, 0.1) is 11.9 Å². The minimum absolute atomic E-state index is 0.0126. The van der Waals surface area contributed by atoms with Crippen LogP contribution < -0.4 is 11.2 Å². The summed E-state index contributed by atoms with van der Waals surface area (Å²) in [6.07, 6.45) is 1.47. The standard InChI is InChI=1S/C19H14Cl2N8O2S/c20-12-4-6-14(7-5-12)32-10-15-16(24-28-29(15)18-17(22)26-31-27-18)19(30)25-23-9-11-2-1-3-13(21)8-11/h1-9H,10H2,(H2,22,26)(H,25,30)/b23-9-. The number of rotatable bonds is 7. The Morgan fingerprint density at radius 2 is 2.00 bits per heavy atom. The van der Waals surface area contributed by atoms with Crippen LogP contribution in [-0.4, -0.2) is 37.4 Å². The number of nitrogens with zero attached hydrogens (tertiary/aromatic N) is 6. The number of nitrogens with two attached hydrogens (primary N) is 1. The van der Waals surface area contributed by atoms with E-state index in [1.54, 1.807) is 36.4 Å². The average Bonchev–Trinajstić information content (AvgIpc) is 3.39. The Morgan fingerprint density at radius 3 is 2.72 bits per heavy atom. The van der Waals surface area contributed by atoms with Gasteiger partial charge in [0.1, 0.15) is 0 Å². The number of thioether (sulfide) groups is 1. The highest BCUT2D eigenvalue weighted by Crippen LogP contribution is 2.27. The fourth-order valence-electron chi connectivity index (χ4n) is 2.60. The van der Waals surface area contributed by atoms with Gasteiger partial charge in [-0.25, -0.2) is 10.1 Å². The van der Waals surface area contributed by atoms with E-state index in [1.807, 2.05) is 12.1 Å². The van der Waals surface area contributed by atoms with E-state index in [1.165, 1.54) is 22.7 Å². The van der Waals surface area contributed by atoms with Crippen molar-refractivity contribution in [1.29, 1.82) is 0 Å². The minimum Gasteiger partial charge on any atom is -0.378 e. The maximum absolute atomic E-state index is 12.8. The molecule has 2 aromatic carbocycles. The Morgan fingerprint density at radius 1 is 1.19 bits per heavy atom. The quantitative estimate of drug-likeness (QED) is 0.228. The van der Waals surface area contributed by atoms with E-state index in [2.05, 4.69) is 35.8 Å². The second-order valence-corrected chi connectivity index (χ2v) is 8.19. The van der Waals surface area contributed by atoms with E-state index in [0.717, 1.165) is 10.5 Å². The number of benzene rings is 2. The van der Waals surface area contributed by atoms with E-state index in [0.29, 0.717) is 21.5 Å². The molecule has 0 bridgehead atoms. The fourth-order valence-corrected chi connectivity index (χ4v) is 3.82. The molecule has 0 unspecified atom stereocenters. The van der Waals surface area contributed by atoms with Crippen LogP contribution in [0, 0.1) is 0 Å². The minimum atomic E-state index is -0.559. The van der Waals surface area contributed by atoms with Gasteiger partial charge in [-0.05, 0) is 52.3 Å². The van der Waals surface area contributed by atoms with Crippen LogP contribution >= 0.6 is 35.0 Å². The second-order valence-electron chi connectivity index (χ2n) is 6.27. The highest BCUT2D eigenvalue weighted by atomic mass is 35.5. The summed E-state index contributed by atoms with van der Waals surface area (Å²) >= 11 is 13.3. The molecular formula is C19H14Cl2N8O2S. The first kappa shape index (κ1) is 21.8. The maximum Gasteiger partial charge on any atom is 0.293 e. The molecule has 0 atom stereocenters. The maximum atomic E-state index is 12.8. The number of hydrogen-bond acceptors (Lipinski definition) is 9. The van der Waals surface area contributed by atoms with Crippen molar-refractivity contribution >= 4 is 52.9 Å². The van der Waals surface area contributed by atoms with Crippen LogP contribution in [0.2, 0.25) is 10.0 Å².